The summed E-state index contributed by atoms with van der Waals surface area (Å²) in [5, 5.41) is 13.4. The van der Waals surface area contributed by atoms with E-state index in [9.17, 15) is 22.8 Å². The average Bonchev–Trinajstić information content (AvgIpc) is 3.21. The van der Waals surface area contributed by atoms with Crippen molar-refractivity contribution in [3.05, 3.63) is 42.0 Å². The highest BCUT2D eigenvalue weighted by Crippen LogP contribution is 2.27. The number of para-hydroxylation sites is 1. The van der Waals surface area contributed by atoms with E-state index in [0.717, 1.165) is 50.9 Å². The molecule has 7 nitrogen and oxygen atoms in total. The molecule has 2 heterocycles. The lowest BCUT2D eigenvalue weighted by atomic mass is 10.0. The van der Waals surface area contributed by atoms with E-state index in [2.05, 4.69) is 16.7 Å². The first-order chi connectivity index (χ1) is 15.1. The summed E-state index contributed by atoms with van der Waals surface area (Å²) in [5.74, 6) is -2.74. The predicted octanol–water partition coefficient (Wildman–Crippen LogP) is 2.80. The van der Waals surface area contributed by atoms with E-state index in [-0.39, 0.29) is 23.9 Å². The molecule has 0 spiro atoms. The first kappa shape index (κ1) is 25.4. The fourth-order valence-electron chi connectivity index (χ4n) is 3.50. The summed E-state index contributed by atoms with van der Waals surface area (Å²) in [4.78, 5) is 35.6. The predicted molar refractivity (Wildman–Crippen MR) is 113 cm³/mol. The minimum Gasteiger partial charge on any atom is -0.475 e. The standard InChI is InChI=1S/C20H27N3O2.C2HF3O2/c1-2-16(22-20(25)17-8-5-6-13-21-17)10-11-19(24)23-14-12-15-7-3-4-9-18(15)23;3-2(4,5)1(6)7/h3-4,7,9-11,16-17,21H,2,5-6,8,12-14H2,1H3,(H,22,25);(H,6,7)/b11-10+;/t16-,17-;/m0./s1. The molecule has 0 unspecified atom stereocenters. The minimum atomic E-state index is -5.08. The third-order valence-electron chi connectivity index (χ3n) is 5.26. The number of piperidine rings is 1. The van der Waals surface area contributed by atoms with Gasteiger partial charge in [0.1, 0.15) is 0 Å². The summed E-state index contributed by atoms with van der Waals surface area (Å²) in [5.41, 5.74) is 2.22. The van der Waals surface area contributed by atoms with Gasteiger partial charge < -0.3 is 20.6 Å². The molecule has 10 heteroatoms. The Balaban J connectivity index is 0.000000451. The topological polar surface area (TPSA) is 98.7 Å². The molecule has 0 saturated carbocycles. The molecule has 0 aliphatic carbocycles. The number of aliphatic carboxylic acids is 1. The third kappa shape index (κ3) is 7.37. The second-order valence-corrected chi connectivity index (χ2v) is 7.56. The Hall–Kier alpha value is -2.88. The number of carbonyl (C=O) groups is 3. The molecule has 0 bridgehead atoms. The number of hydrogen-bond donors (Lipinski definition) is 3. The monoisotopic (exact) mass is 455 g/mol. The Morgan fingerprint density at radius 3 is 2.56 bits per heavy atom. The second-order valence-electron chi connectivity index (χ2n) is 7.56. The van der Waals surface area contributed by atoms with Crippen molar-refractivity contribution in [1.82, 2.24) is 10.6 Å². The van der Waals surface area contributed by atoms with Crippen molar-refractivity contribution >= 4 is 23.5 Å². The number of carbonyl (C=O) groups excluding carboxylic acids is 2. The fraction of sp³-hybridized carbons (Fsp3) is 0.500. The highest BCUT2D eigenvalue weighted by Gasteiger charge is 2.38. The first-order valence-corrected chi connectivity index (χ1v) is 10.5. The molecule has 32 heavy (non-hydrogen) atoms. The Labute approximate surface area is 184 Å². The number of hydrogen-bond acceptors (Lipinski definition) is 4. The number of carboxylic acid groups (broad SMARTS) is 1. The highest BCUT2D eigenvalue weighted by atomic mass is 19.4. The van der Waals surface area contributed by atoms with E-state index >= 15 is 0 Å². The number of nitrogens with zero attached hydrogens (tertiary/aromatic N) is 1. The number of carboxylic acids is 1. The van der Waals surface area contributed by atoms with Crippen LogP contribution >= 0.6 is 0 Å². The molecule has 3 rings (SSSR count). The molecule has 176 valence electrons. The second kappa shape index (κ2) is 11.7. The molecule has 0 aromatic heterocycles. The van der Waals surface area contributed by atoms with Gasteiger partial charge in [-0.25, -0.2) is 4.79 Å². The van der Waals surface area contributed by atoms with Gasteiger partial charge >= 0.3 is 12.1 Å². The Morgan fingerprint density at radius 1 is 1.28 bits per heavy atom. The van der Waals surface area contributed by atoms with Gasteiger partial charge in [-0.15, -0.1) is 0 Å². The van der Waals surface area contributed by atoms with Crippen LogP contribution < -0.4 is 15.5 Å². The van der Waals surface area contributed by atoms with Gasteiger partial charge in [0, 0.05) is 24.4 Å². The Morgan fingerprint density at radius 2 is 1.97 bits per heavy atom. The molecule has 0 radical (unpaired) electrons. The van der Waals surface area contributed by atoms with Crippen LogP contribution in [-0.4, -0.2) is 54.2 Å². The van der Waals surface area contributed by atoms with E-state index in [4.69, 9.17) is 9.90 Å². The molecular weight excluding hydrogens is 427 g/mol. The fourth-order valence-corrected chi connectivity index (χ4v) is 3.50. The summed E-state index contributed by atoms with van der Waals surface area (Å²) >= 11 is 0. The van der Waals surface area contributed by atoms with Crippen LogP contribution in [0.1, 0.15) is 38.2 Å². The van der Waals surface area contributed by atoms with Gasteiger partial charge in [0.15, 0.2) is 0 Å². The number of benzene rings is 1. The Bertz CT molecular complexity index is 836. The zero-order chi connectivity index (χ0) is 23.7. The molecule has 3 N–H and O–H groups in total. The molecule has 2 atom stereocenters. The molecule has 1 aromatic carbocycles. The van der Waals surface area contributed by atoms with Crippen LogP contribution in [0.4, 0.5) is 18.9 Å². The minimum absolute atomic E-state index is 0.0200. The van der Waals surface area contributed by atoms with Gasteiger partial charge in [-0.2, -0.15) is 13.2 Å². The summed E-state index contributed by atoms with van der Waals surface area (Å²) in [6.07, 6.45) is 3.11. The molecule has 1 saturated heterocycles. The van der Waals surface area contributed by atoms with Crippen LogP contribution in [0.5, 0.6) is 0 Å². The maximum atomic E-state index is 12.5. The normalized spacial score (nSPS) is 19.0. The maximum Gasteiger partial charge on any atom is 0.490 e. The van der Waals surface area contributed by atoms with Crippen LogP contribution in [-0.2, 0) is 20.8 Å². The maximum absolute atomic E-state index is 12.5. The quantitative estimate of drug-likeness (QED) is 0.593. The van der Waals surface area contributed by atoms with Crippen molar-refractivity contribution in [2.45, 2.75) is 57.3 Å². The van der Waals surface area contributed by atoms with E-state index in [1.165, 1.54) is 5.56 Å². The molecule has 2 aliphatic heterocycles. The molecule has 2 aliphatic rings. The van der Waals surface area contributed by atoms with E-state index in [0.29, 0.717) is 0 Å². The lowest BCUT2D eigenvalue weighted by molar-refractivity contribution is -0.192. The zero-order valence-electron chi connectivity index (χ0n) is 17.8. The summed E-state index contributed by atoms with van der Waals surface area (Å²) in [7, 11) is 0. The lowest BCUT2D eigenvalue weighted by Crippen LogP contribution is -2.49. The van der Waals surface area contributed by atoms with Crippen molar-refractivity contribution in [1.29, 1.82) is 0 Å². The summed E-state index contributed by atoms with van der Waals surface area (Å²) < 4.78 is 31.7. The number of alkyl halides is 3. The smallest absolute Gasteiger partial charge is 0.475 e. The number of anilines is 1. The van der Waals surface area contributed by atoms with Crippen molar-refractivity contribution in [2.75, 3.05) is 18.0 Å². The first-order valence-electron chi connectivity index (χ1n) is 10.5. The van der Waals surface area contributed by atoms with Crippen LogP contribution in [0.15, 0.2) is 36.4 Å². The molecular formula is C22H28F3N3O4. The molecule has 1 aromatic rings. The van der Waals surface area contributed by atoms with Gasteiger partial charge in [0.2, 0.25) is 5.91 Å². The van der Waals surface area contributed by atoms with Gasteiger partial charge in [0.25, 0.3) is 5.91 Å². The van der Waals surface area contributed by atoms with E-state index in [1.807, 2.05) is 36.1 Å². The number of fused-ring (bicyclic) bond motifs is 1. The van der Waals surface area contributed by atoms with Gasteiger partial charge in [-0.05, 0) is 43.9 Å². The summed E-state index contributed by atoms with van der Waals surface area (Å²) in [6, 6.07) is 7.81. The zero-order valence-corrected chi connectivity index (χ0v) is 17.8. The van der Waals surface area contributed by atoms with Gasteiger partial charge in [-0.1, -0.05) is 37.6 Å². The number of halogens is 3. The molecule has 2 amide bonds. The number of amides is 2. The van der Waals surface area contributed by atoms with Gasteiger partial charge in [-0.3, -0.25) is 9.59 Å². The van der Waals surface area contributed by atoms with Gasteiger partial charge in [0.05, 0.1) is 6.04 Å². The number of rotatable bonds is 5. The van der Waals surface area contributed by atoms with E-state index < -0.39 is 12.1 Å². The van der Waals surface area contributed by atoms with Crippen LogP contribution in [0.25, 0.3) is 0 Å². The largest absolute Gasteiger partial charge is 0.490 e. The molecule has 1 fully saturated rings. The van der Waals surface area contributed by atoms with Crippen molar-refractivity contribution in [2.24, 2.45) is 0 Å². The number of nitrogens with one attached hydrogen (secondary N) is 2. The van der Waals surface area contributed by atoms with Crippen molar-refractivity contribution < 1.29 is 32.7 Å². The van der Waals surface area contributed by atoms with Crippen molar-refractivity contribution in [3.8, 4) is 0 Å². The third-order valence-corrected chi connectivity index (χ3v) is 5.26. The SMILES string of the molecule is CC[C@@H](/C=C/C(=O)N1CCc2ccccc21)NC(=O)[C@@H]1CCCCN1.O=C(O)C(F)(F)F. The lowest BCUT2D eigenvalue weighted by Gasteiger charge is -2.24. The Kier molecular flexibility index (Phi) is 9.25. The summed E-state index contributed by atoms with van der Waals surface area (Å²) in [6.45, 7) is 3.63. The van der Waals surface area contributed by atoms with Crippen LogP contribution in [0.2, 0.25) is 0 Å². The highest BCUT2D eigenvalue weighted by molar-refractivity contribution is 6.03. The van der Waals surface area contributed by atoms with Crippen LogP contribution in [0, 0.1) is 0 Å². The van der Waals surface area contributed by atoms with Crippen LogP contribution in [0.3, 0.4) is 0 Å². The average molecular weight is 455 g/mol. The van der Waals surface area contributed by atoms with E-state index in [1.54, 1.807) is 6.08 Å². The van der Waals surface area contributed by atoms with Crippen molar-refractivity contribution in [3.63, 3.8) is 0 Å².